The lowest BCUT2D eigenvalue weighted by Crippen LogP contribution is -2.10. The summed E-state index contributed by atoms with van der Waals surface area (Å²) in [6.07, 6.45) is 0.833. The number of hydrogen-bond acceptors (Lipinski definition) is 3. The van der Waals surface area contributed by atoms with E-state index in [1.165, 1.54) is 0 Å². The second-order valence-electron chi connectivity index (χ2n) is 2.16. The van der Waals surface area contributed by atoms with E-state index in [1.807, 2.05) is 0 Å². The van der Waals surface area contributed by atoms with Crippen LogP contribution in [0.1, 0.15) is 10.4 Å². The van der Waals surface area contributed by atoms with Crippen LogP contribution >= 0.6 is 0 Å². The molecule has 1 rings (SSSR count). The highest BCUT2D eigenvalue weighted by molar-refractivity contribution is 5.90. The molecule has 0 atom stereocenters. The van der Waals surface area contributed by atoms with E-state index >= 15 is 0 Å². The van der Waals surface area contributed by atoms with Gasteiger partial charge in [-0.1, -0.05) is 0 Å². The van der Waals surface area contributed by atoms with Gasteiger partial charge in [0.05, 0.1) is 0 Å². The maximum absolute atomic E-state index is 12.7. The number of pyridine rings is 1. The Morgan fingerprint density at radius 2 is 2.21 bits per heavy atom. The largest absolute Gasteiger partial charge is 0.477 e. The lowest BCUT2D eigenvalue weighted by atomic mass is 10.2. The Kier molecular flexibility index (Phi) is 2.90. The number of rotatable bonds is 3. The summed E-state index contributed by atoms with van der Waals surface area (Å²) in [7, 11) is 0. The van der Waals surface area contributed by atoms with Crippen LogP contribution in [0.3, 0.4) is 0 Å². The Morgan fingerprint density at radius 3 is 2.71 bits per heavy atom. The highest BCUT2D eigenvalue weighted by Gasteiger charge is 2.20. The first kappa shape index (κ1) is 10.3. The summed E-state index contributed by atoms with van der Waals surface area (Å²) in [6.45, 7) is -3.21. The number of halogens is 3. The predicted molar refractivity (Wildman–Crippen MR) is 37.8 cm³/mol. The Balaban J connectivity index is 3.14. The minimum Gasteiger partial charge on any atom is -0.477 e. The zero-order valence-corrected chi connectivity index (χ0v) is 6.58. The van der Waals surface area contributed by atoms with E-state index in [9.17, 15) is 18.0 Å². The van der Waals surface area contributed by atoms with E-state index in [4.69, 9.17) is 5.11 Å². The molecule has 1 N–H and O–H groups in total. The van der Waals surface area contributed by atoms with E-state index in [1.54, 1.807) is 0 Å². The molecule has 0 aliphatic rings. The van der Waals surface area contributed by atoms with Gasteiger partial charge in [-0.25, -0.2) is 9.78 Å². The van der Waals surface area contributed by atoms with Gasteiger partial charge in [0.1, 0.15) is 5.75 Å². The normalized spacial score (nSPS) is 10.3. The van der Waals surface area contributed by atoms with Crippen LogP contribution in [0.4, 0.5) is 13.2 Å². The molecule has 0 unspecified atom stereocenters. The molecule has 0 aliphatic carbocycles. The highest BCUT2D eigenvalue weighted by Crippen LogP contribution is 2.21. The number of carbonyl (C=O) groups is 1. The van der Waals surface area contributed by atoms with Crippen LogP contribution in [-0.4, -0.2) is 22.7 Å². The first-order valence-corrected chi connectivity index (χ1v) is 3.35. The molecule has 14 heavy (non-hydrogen) atoms. The molecule has 0 aliphatic heterocycles. The number of hydrogen-bond donors (Lipinski definition) is 1. The summed E-state index contributed by atoms with van der Waals surface area (Å²) in [4.78, 5) is 13.4. The standard InChI is InChI=1S/C7H4F3NO3/c8-5-4(6(12)13)3(1-2-11-5)14-7(9)10/h1-2,7H,(H,12,13). The summed E-state index contributed by atoms with van der Waals surface area (Å²) in [5, 5.41) is 8.45. The molecule has 1 heterocycles. The van der Waals surface area contributed by atoms with Crippen molar-refractivity contribution < 1.29 is 27.8 Å². The Labute approximate surface area is 75.9 Å². The van der Waals surface area contributed by atoms with Gasteiger partial charge in [0.15, 0.2) is 5.56 Å². The van der Waals surface area contributed by atoms with Crippen LogP contribution in [-0.2, 0) is 0 Å². The smallest absolute Gasteiger partial charge is 0.387 e. The zero-order chi connectivity index (χ0) is 10.7. The van der Waals surface area contributed by atoms with Crippen molar-refractivity contribution >= 4 is 5.97 Å². The summed E-state index contributed by atoms with van der Waals surface area (Å²) in [5.74, 6) is -3.83. The van der Waals surface area contributed by atoms with Crippen molar-refractivity contribution in [3.8, 4) is 5.75 Å². The number of aromatic nitrogens is 1. The molecule has 7 heteroatoms. The van der Waals surface area contributed by atoms with Crippen molar-refractivity contribution in [2.75, 3.05) is 0 Å². The fourth-order valence-corrected chi connectivity index (χ4v) is 0.808. The number of carboxylic acid groups (broad SMARTS) is 1. The molecule has 0 fully saturated rings. The fraction of sp³-hybridized carbons (Fsp3) is 0.143. The second kappa shape index (κ2) is 3.95. The lowest BCUT2D eigenvalue weighted by molar-refractivity contribution is -0.0506. The van der Waals surface area contributed by atoms with E-state index in [-0.39, 0.29) is 0 Å². The maximum Gasteiger partial charge on any atom is 0.387 e. The molecule has 0 saturated heterocycles. The number of carboxylic acids is 1. The summed E-state index contributed by atoms with van der Waals surface area (Å²) < 4.78 is 40.0. The molecule has 0 bridgehead atoms. The van der Waals surface area contributed by atoms with Gasteiger partial charge in [0, 0.05) is 6.20 Å². The molecule has 1 aromatic heterocycles. The van der Waals surface area contributed by atoms with Crippen molar-refractivity contribution in [3.05, 3.63) is 23.8 Å². The van der Waals surface area contributed by atoms with Crippen LogP contribution in [0, 0.1) is 5.95 Å². The monoisotopic (exact) mass is 207 g/mol. The van der Waals surface area contributed by atoms with Crippen LogP contribution in [0.25, 0.3) is 0 Å². The minimum absolute atomic E-state index is 0.750. The second-order valence-corrected chi connectivity index (χ2v) is 2.16. The average molecular weight is 207 g/mol. The SMILES string of the molecule is O=C(O)c1c(OC(F)F)ccnc1F. The van der Waals surface area contributed by atoms with Crippen LogP contribution < -0.4 is 4.74 Å². The molecule has 0 aromatic carbocycles. The van der Waals surface area contributed by atoms with Crippen LogP contribution in [0.2, 0.25) is 0 Å². The number of aromatic carboxylic acids is 1. The average Bonchev–Trinajstić information content (AvgIpc) is 2.01. The Morgan fingerprint density at radius 1 is 1.57 bits per heavy atom. The lowest BCUT2D eigenvalue weighted by Gasteiger charge is -2.06. The van der Waals surface area contributed by atoms with E-state index < -0.39 is 29.8 Å². The number of ether oxygens (including phenoxy) is 1. The Bertz CT molecular complexity index is 356. The van der Waals surface area contributed by atoms with Crippen molar-refractivity contribution in [2.45, 2.75) is 6.61 Å². The minimum atomic E-state index is -3.21. The molecular weight excluding hydrogens is 203 g/mol. The van der Waals surface area contributed by atoms with Gasteiger partial charge in [-0.3, -0.25) is 0 Å². The fourth-order valence-electron chi connectivity index (χ4n) is 0.808. The van der Waals surface area contributed by atoms with Crippen molar-refractivity contribution in [3.63, 3.8) is 0 Å². The Hall–Kier alpha value is -1.79. The van der Waals surface area contributed by atoms with E-state index in [2.05, 4.69) is 9.72 Å². The predicted octanol–water partition coefficient (Wildman–Crippen LogP) is 1.52. The zero-order valence-electron chi connectivity index (χ0n) is 6.58. The summed E-state index contributed by atoms with van der Waals surface area (Å²) in [6, 6.07) is 0.846. The van der Waals surface area contributed by atoms with Gasteiger partial charge in [-0.2, -0.15) is 13.2 Å². The van der Waals surface area contributed by atoms with Crippen LogP contribution in [0.15, 0.2) is 12.3 Å². The molecule has 76 valence electrons. The van der Waals surface area contributed by atoms with Crippen molar-refractivity contribution in [1.82, 2.24) is 4.98 Å². The molecule has 1 aromatic rings. The van der Waals surface area contributed by atoms with Gasteiger partial charge in [-0.15, -0.1) is 0 Å². The quantitative estimate of drug-likeness (QED) is 0.763. The van der Waals surface area contributed by atoms with Gasteiger partial charge in [0.25, 0.3) is 0 Å². The van der Waals surface area contributed by atoms with E-state index in [0.29, 0.717) is 0 Å². The maximum atomic E-state index is 12.7. The molecule has 0 amide bonds. The topological polar surface area (TPSA) is 59.4 Å². The third kappa shape index (κ3) is 2.12. The third-order valence-electron chi connectivity index (χ3n) is 1.30. The van der Waals surface area contributed by atoms with Crippen molar-refractivity contribution in [1.29, 1.82) is 0 Å². The highest BCUT2D eigenvalue weighted by atomic mass is 19.3. The molecule has 0 spiro atoms. The van der Waals surface area contributed by atoms with Crippen LogP contribution in [0.5, 0.6) is 5.75 Å². The number of nitrogens with zero attached hydrogens (tertiary/aromatic N) is 1. The summed E-state index contributed by atoms with van der Waals surface area (Å²) in [5.41, 5.74) is -1.01. The molecule has 4 nitrogen and oxygen atoms in total. The van der Waals surface area contributed by atoms with E-state index in [0.717, 1.165) is 12.3 Å². The van der Waals surface area contributed by atoms with Gasteiger partial charge in [-0.05, 0) is 6.07 Å². The van der Waals surface area contributed by atoms with Gasteiger partial charge >= 0.3 is 12.6 Å². The third-order valence-corrected chi connectivity index (χ3v) is 1.30. The molecular formula is C7H4F3NO3. The number of alkyl halides is 2. The molecule has 0 radical (unpaired) electrons. The van der Waals surface area contributed by atoms with Gasteiger partial charge in [0.2, 0.25) is 5.95 Å². The summed E-state index contributed by atoms with van der Waals surface area (Å²) >= 11 is 0. The van der Waals surface area contributed by atoms with Crippen molar-refractivity contribution in [2.24, 2.45) is 0 Å². The first-order chi connectivity index (χ1) is 6.52. The van der Waals surface area contributed by atoms with Gasteiger partial charge < -0.3 is 9.84 Å². The molecule has 0 saturated carbocycles. The first-order valence-electron chi connectivity index (χ1n) is 3.35.